The number of carbonyl (C=O) groups is 15. The number of amides is 14. The van der Waals surface area contributed by atoms with Gasteiger partial charge in [-0.1, -0.05) is 88.7 Å². The summed E-state index contributed by atoms with van der Waals surface area (Å²) < 4.78 is 1.33. The van der Waals surface area contributed by atoms with Gasteiger partial charge in [0.25, 0.3) is 0 Å². The van der Waals surface area contributed by atoms with Gasteiger partial charge in [0, 0.05) is 55.6 Å². The first-order valence-corrected chi connectivity index (χ1v) is 37.2. The van der Waals surface area contributed by atoms with E-state index in [9.17, 15) is 87.9 Å². The average molecular weight is 1600 g/mol. The van der Waals surface area contributed by atoms with Crippen molar-refractivity contribution >= 4 is 106 Å². The average Bonchev–Trinajstić information content (AvgIpc) is 1.75. The van der Waals surface area contributed by atoms with Gasteiger partial charge in [-0.3, -0.25) is 72.5 Å². The number of primary amides is 2. The number of rotatable bonds is 30. The van der Waals surface area contributed by atoms with Crippen molar-refractivity contribution in [2.24, 2.45) is 34.8 Å². The van der Waals surface area contributed by atoms with E-state index < -0.39 is 230 Å². The molecule has 620 valence electrons. The second-order valence-corrected chi connectivity index (χ2v) is 28.8. The van der Waals surface area contributed by atoms with Crippen LogP contribution >= 0.6 is 0 Å². The number of likely N-dealkylation sites (tertiary alicyclic amines) is 1. The second kappa shape index (κ2) is 40.2. The summed E-state index contributed by atoms with van der Waals surface area (Å²) >= 11 is 0. The third kappa shape index (κ3) is 22.8. The Kier molecular flexibility index (Phi) is 30.7. The topological polar surface area (TPSA) is 666 Å². The monoisotopic (exact) mass is 1600 g/mol. The van der Waals surface area contributed by atoms with Gasteiger partial charge in [0.05, 0.1) is 56.3 Å². The molecule has 4 aliphatic rings. The number of aliphatic hydroxyl groups is 3. The van der Waals surface area contributed by atoms with Crippen LogP contribution < -0.4 is 86.7 Å². The fraction of sp³-hybridized carbons (Fsp3) is 0.473. The van der Waals surface area contributed by atoms with E-state index in [2.05, 4.69) is 73.8 Å². The van der Waals surface area contributed by atoms with Crippen molar-refractivity contribution in [3.63, 3.8) is 0 Å². The van der Waals surface area contributed by atoms with Crippen LogP contribution in [-0.4, -0.2) is 251 Å². The fourth-order valence-corrected chi connectivity index (χ4v) is 13.6. The number of phenolic OH excluding ortho intramolecular Hbond substituents is 1. The SMILES string of the molecule is CCC(C)C(N)C(=O)N1CCCC1C(=O)NC(CO)C(=O)NC1Cc2c[nH]c3cc(ccc23)C(C(N)=O)C(C(=O)NC(C(=O)NC2Cc3cn(cn3)C(c3ccc(O)cc3)C(C(=O)NC(CCCNC(=N)N)C(=O)NC(Cc3ccccc3)C(=O)O)NC(=O)C(CO)NC2=O)C(C)C)NC(=O)C(CO)NC(=O)C(CC(N)=O)NC1=O. The Morgan fingerprint density at radius 1 is 0.678 bits per heavy atom. The first-order valence-electron chi connectivity index (χ1n) is 37.2. The quantitative estimate of drug-likeness (QED) is 0.00879. The number of nitrogens with two attached hydrogens (primary N) is 4. The molecule has 9 rings (SSSR count). The molecule has 1 saturated heterocycles. The van der Waals surface area contributed by atoms with Gasteiger partial charge < -0.3 is 127 Å². The summed E-state index contributed by atoms with van der Waals surface area (Å²) in [6.07, 6.45) is 2.79. The number of benzene rings is 3. The van der Waals surface area contributed by atoms with Crippen molar-refractivity contribution in [2.45, 2.75) is 176 Å². The number of H-pyrrole nitrogens is 1. The molecule has 4 aliphatic heterocycles. The molecule has 3 aromatic carbocycles. The van der Waals surface area contributed by atoms with Crippen LogP contribution in [0.2, 0.25) is 0 Å². The van der Waals surface area contributed by atoms with Gasteiger partial charge in [-0.2, -0.15) is 0 Å². The van der Waals surface area contributed by atoms with Crippen LogP contribution in [0.1, 0.15) is 106 Å². The molecule has 16 atom stereocenters. The zero-order valence-electron chi connectivity index (χ0n) is 63.4. The number of phenols is 1. The first-order chi connectivity index (χ1) is 54.6. The number of aromatic amines is 1. The number of nitrogens with one attached hydrogen (secondary N) is 14. The number of hydrogen-bond donors (Lipinski definition) is 23. The molecule has 0 spiro atoms. The standard InChI is InChI=1S/C74H99N21O20/c1-5-35(4)55(76)72(113)95-22-10-14-52(95)68(109)90-49(30-96)65(106)84-45-25-39-28-81-44-24-38(17-20-42(39)44)54(60(77)101)57(92-66(107)50(31-97)89-64(105)47(27-53(75)100)85-62(45)103)70(111)91-56(34(2)3)69(110)86-46-26-40-29-94(33-82-40)59(37-15-18-41(99)19-16-37)58(93-67(108)51(32-98)88-63(46)104)71(112)83-43(13-9-21-80-74(78)79)61(102)87-48(73(114)115)23-36-11-7-6-8-12-36/h6-8,11-12,15-20,24,28-29,33-35,43,45-52,54-59,81,96-99H,5,9-10,13-14,21-23,25-27,30-32,76H2,1-4H3,(H2,75,100)(H2,77,101)(H,83,112)(H,84,106)(H,85,103)(H,86,110)(H,87,102)(H,88,104)(H,89,105)(H,90,109)(H,91,111)(H,92,107)(H,93,108)(H,114,115)(H4,78,79,80). The molecular formula is C74H99N21O20. The Morgan fingerprint density at radius 2 is 1.28 bits per heavy atom. The lowest BCUT2D eigenvalue weighted by Crippen LogP contribution is -2.63. The smallest absolute Gasteiger partial charge is 0.326 e. The second-order valence-electron chi connectivity index (χ2n) is 28.8. The highest BCUT2D eigenvalue weighted by Gasteiger charge is 2.45. The van der Waals surface area contributed by atoms with Gasteiger partial charge in [-0.25, -0.2) is 9.78 Å². The molecule has 6 heterocycles. The van der Waals surface area contributed by atoms with E-state index >= 15 is 9.59 Å². The van der Waals surface area contributed by atoms with Crippen LogP contribution in [0.15, 0.2) is 91.5 Å². The molecule has 41 heteroatoms. The van der Waals surface area contributed by atoms with E-state index in [-0.39, 0.29) is 83.7 Å². The predicted octanol–water partition coefficient (Wildman–Crippen LogP) is -7.16. The van der Waals surface area contributed by atoms with Gasteiger partial charge in [0.1, 0.15) is 78.3 Å². The third-order valence-corrected chi connectivity index (χ3v) is 20.2. The molecule has 5 aromatic rings. The number of aliphatic carboxylic acids is 1. The van der Waals surface area contributed by atoms with Crippen LogP contribution in [0.5, 0.6) is 5.75 Å². The number of aliphatic hydroxyl groups excluding tert-OH is 3. The van der Waals surface area contributed by atoms with Crippen LogP contribution in [0.25, 0.3) is 10.9 Å². The number of aromatic hydroxyl groups is 1. The van der Waals surface area contributed by atoms with Crippen LogP contribution in [0.4, 0.5) is 0 Å². The Hall–Kier alpha value is -12.6. The summed E-state index contributed by atoms with van der Waals surface area (Å²) in [6, 6.07) is -5.80. The molecule has 115 heavy (non-hydrogen) atoms. The van der Waals surface area contributed by atoms with E-state index in [1.54, 1.807) is 37.3 Å². The number of imidazole rings is 1. The molecule has 27 N–H and O–H groups in total. The van der Waals surface area contributed by atoms with Crippen molar-refractivity contribution in [1.82, 2.24) is 83.2 Å². The summed E-state index contributed by atoms with van der Waals surface area (Å²) in [4.78, 5) is 222. The lowest BCUT2D eigenvalue weighted by atomic mass is 9.88. The van der Waals surface area contributed by atoms with Crippen LogP contribution in [0, 0.1) is 17.2 Å². The largest absolute Gasteiger partial charge is 0.508 e. The molecule has 16 unspecified atom stereocenters. The number of fused-ring (bicyclic) bond motifs is 14. The van der Waals surface area contributed by atoms with E-state index in [1.807, 2.05) is 6.92 Å². The number of aromatic nitrogens is 3. The van der Waals surface area contributed by atoms with E-state index in [1.165, 1.54) is 84.5 Å². The zero-order chi connectivity index (χ0) is 84.2. The number of hydrogen-bond acceptors (Lipinski definition) is 22. The van der Waals surface area contributed by atoms with Gasteiger partial charge >= 0.3 is 5.97 Å². The maximum absolute atomic E-state index is 15.2. The Labute approximate surface area is 658 Å². The van der Waals surface area contributed by atoms with Crippen molar-refractivity contribution in [2.75, 3.05) is 32.9 Å². The van der Waals surface area contributed by atoms with Crippen molar-refractivity contribution in [1.29, 1.82) is 5.41 Å². The number of nitrogens with zero attached hydrogens (tertiary/aromatic N) is 3. The summed E-state index contributed by atoms with van der Waals surface area (Å²) in [5.74, 6) is -20.9. The van der Waals surface area contributed by atoms with Crippen LogP contribution in [-0.2, 0) is 91.2 Å². The van der Waals surface area contributed by atoms with E-state index in [0.717, 1.165) is 0 Å². The molecule has 1 fully saturated rings. The molecule has 0 saturated carbocycles. The molecule has 14 amide bonds. The highest BCUT2D eigenvalue weighted by Crippen LogP contribution is 2.30. The molecule has 41 nitrogen and oxygen atoms in total. The van der Waals surface area contributed by atoms with Crippen molar-refractivity contribution in [3.05, 3.63) is 119 Å². The molecular weight excluding hydrogens is 1500 g/mol. The highest BCUT2D eigenvalue weighted by molar-refractivity contribution is 6.03. The Bertz CT molecular complexity index is 4420. The Balaban J connectivity index is 1.09. The normalized spacial score (nSPS) is 22.4. The zero-order valence-corrected chi connectivity index (χ0v) is 63.4. The van der Waals surface area contributed by atoms with Gasteiger partial charge in [0.15, 0.2) is 5.96 Å². The first kappa shape index (κ1) is 87.9. The summed E-state index contributed by atoms with van der Waals surface area (Å²) in [6.45, 7) is 3.25. The number of carboxylic acid groups (broad SMARTS) is 1. The number of guanidine groups is 1. The van der Waals surface area contributed by atoms with Gasteiger partial charge in [-0.15, -0.1) is 0 Å². The van der Waals surface area contributed by atoms with E-state index in [0.29, 0.717) is 18.4 Å². The maximum atomic E-state index is 15.2. The van der Waals surface area contributed by atoms with Crippen LogP contribution in [0.3, 0.4) is 0 Å². The predicted molar refractivity (Wildman–Crippen MR) is 406 cm³/mol. The molecule has 0 aliphatic carbocycles. The summed E-state index contributed by atoms with van der Waals surface area (Å²) in [5.41, 5.74) is 24.5. The Morgan fingerprint density at radius 3 is 1.89 bits per heavy atom. The van der Waals surface area contributed by atoms with Crippen molar-refractivity contribution < 1.29 is 97.5 Å². The minimum absolute atomic E-state index is 0.00881. The van der Waals surface area contributed by atoms with Gasteiger partial charge in [-0.05, 0) is 78.0 Å². The number of carboxylic acids is 1. The number of carbonyl (C=O) groups excluding carboxylic acids is 14. The van der Waals surface area contributed by atoms with Crippen molar-refractivity contribution in [3.8, 4) is 5.75 Å². The maximum Gasteiger partial charge on any atom is 0.326 e. The van der Waals surface area contributed by atoms with E-state index in [4.69, 9.17) is 28.3 Å². The third-order valence-electron chi connectivity index (χ3n) is 20.2. The summed E-state index contributed by atoms with van der Waals surface area (Å²) in [5, 5.41) is 90.2. The molecule has 0 radical (unpaired) electrons. The minimum atomic E-state index is -2.19. The molecule has 6 bridgehead atoms. The highest BCUT2D eigenvalue weighted by atomic mass is 16.4. The minimum Gasteiger partial charge on any atom is -0.508 e. The lowest BCUT2D eigenvalue weighted by Gasteiger charge is -2.32. The summed E-state index contributed by atoms with van der Waals surface area (Å²) in [7, 11) is 0. The lowest BCUT2D eigenvalue weighted by molar-refractivity contribution is -0.142. The van der Waals surface area contributed by atoms with Gasteiger partial charge in [0.2, 0.25) is 82.7 Å². The fourth-order valence-electron chi connectivity index (χ4n) is 13.6. The molecule has 2 aromatic heterocycles.